The number of nitrogens with one attached hydrogen (secondary N) is 1. The molecule has 1 aliphatic rings. The van der Waals surface area contributed by atoms with Gasteiger partial charge in [-0.2, -0.15) is 0 Å². The van der Waals surface area contributed by atoms with Crippen LogP contribution in [0.2, 0.25) is 0 Å². The van der Waals surface area contributed by atoms with E-state index in [0.29, 0.717) is 11.0 Å². The van der Waals surface area contributed by atoms with Gasteiger partial charge in [-0.15, -0.1) is 11.3 Å². The maximum Gasteiger partial charge on any atom is 0.355 e. The lowest BCUT2D eigenvalue weighted by Crippen LogP contribution is -2.45. The van der Waals surface area contributed by atoms with Crippen LogP contribution in [-0.2, 0) is 6.54 Å². The van der Waals surface area contributed by atoms with Crippen molar-refractivity contribution in [2.75, 3.05) is 0 Å². The highest BCUT2D eigenvalue weighted by atomic mass is 32.1. The Morgan fingerprint density at radius 2 is 2.30 bits per heavy atom. The van der Waals surface area contributed by atoms with Crippen LogP contribution in [0.25, 0.3) is 0 Å². The van der Waals surface area contributed by atoms with Gasteiger partial charge in [0, 0.05) is 17.5 Å². The van der Waals surface area contributed by atoms with Crippen molar-refractivity contribution in [1.29, 1.82) is 0 Å². The van der Waals surface area contributed by atoms with Gasteiger partial charge in [-0.25, -0.2) is 14.6 Å². The second-order valence-corrected chi connectivity index (χ2v) is 5.93. The molecule has 1 saturated heterocycles. The topological polar surface area (TPSA) is 82.5 Å². The van der Waals surface area contributed by atoms with Crippen molar-refractivity contribution < 1.29 is 14.7 Å². The highest BCUT2D eigenvalue weighted by Crippen LogP contribution is 2.25. The molecule has 0 bridgehead atoms. The van der Waals surface area contributed by atoms with Gasteiger partial charge in [0.2, 0.25) is 0 Å². The summed E-state index contributed by atoms with van der Waals surface area (Å²) in [5, 5.41) is 13.7. The number of carbonyl (C=O) groups is 2. The van der Waals surface area contributed by atoms with E-state index in [2.05, 4.69) is 24.1 Å². The van der Waals surface area contributed by atoms with Gasteiger partial charge < -0.3 is 15.3 Å². The zero-order chi connectivity index (χ0) is 14.7. The van der Waals surface area contributed by atoms with Crippen molar-refractivity contribution in [3.05, 3.63) is 16.1 Å². The smallest absolute Gasteiger partial charge is 0.355 e. The third-order valence-electron chi connectivity index (χ3n) is 3.65. The highest BCUT2D eigenvalue weighted by Gasteiger charge is 2.32. The molecule has 1 aliphatic heterocycles. The van der Waals surface area contributed by atoms with Gasteiger partial charge in [0.05, 0.1) is 6.54 Å². The number of carboxylic acid groups (broad SMARTS) is 1. The van der Waals surface area contributed by atoms with E-state index >= 15 is 0 Å². The lowest BCUT2D eigenvalue weighted by Gasteiger charge is -2.27. The molecule has 7 heteroatoms. The molecule has 0 radical (unpaired) electrons. The maximum absolute atomic E-state index is 12.2. The van der Waals surface area contributed by atoms with Gasteiger partial charge in [0.15, 0.2) is 5.69 Å². The van der Waals surface area contributed by atoms with E-state index < -0.39 is 5.97 Å². The summed E-state index contributed by atoms with van der Waals surface area (Å²) >= 11 is 1.24. The van der Waals surface area contributed by atoms with Crippen LogP contribution in [0.5, 0.6) is 0 Å². The van der Waals surface area contributed by atoms with Gasteiger partial charge in [-0.05, 0) is 26.2 Å². The van der Waals surface area contributed by atoms with Crippen LogP contribution in [0.4, 0.5) is 4.79 Å². The summed E-state index contributed by atoms with van der Waals surface area (Å²) in [6.45, 7) is 4.42. The second kappa shape index (κ2) is 6.21. The fourth-order valence-corrected chi connectivity index (χ4v) is 3.28. The SMILES string of the molecule is CCC1CCC(C)N1C(=O)NCc1nc(C(=O)O)cs1. The number of hydrogen-bond acceptors (Lipinski definition) is 4. The van der Waals surface area contributed by atoms with Crippen LogP contribution < -0.4 is 5.32 Å². The summed E-state index contributed by atoms with van der Waals surface area (Å²) in [5.41, 5.74) is 0.0280. The van der Waals surface area contributed by atoms with Crippen LogP contribution in [0.15, 0.2) is 5.38 Å². The Labute approximate surface area is 121 Å². The predicted octanol–water partition coefficient (Wildman–Crippen LogP) is 2.31. The number of urea groups is 1. The summed E-state index contributed by atoms with van der Waals surface area (Å²) in [6.07, 6.45) is 3.04. The number of hydrogen-bond donors (Lipinski definition) is 2. The zero-order valence-electron chi connectivity index (χ0n) is 11.6. The van der Waals surface area contributed by atoms with E-state index in [1.807, 2.05) is 4.90 Å². The van der Waals surface area contributed by atoms with E-state index in [9.17, 15) is 9.59 Å². The van der Waals surface area contributed by atoms with Crippen molar-refractivity contribution in [3.63, 3.8) is 0 Å². The third kappa shape index (κ3) is 3.09. The second-order valence-electron chi connectivity index (χ2n) is 4.99. The molecule has 2 N–H and O–H groups in total. The molecular weight excluding hydrogens is 278 g/mol. The molecule has 2 rings (SSSR count). The van der Waals surface area contributed by atoms with Crippen LogP contribution >= 0.6 is 11.3 Å². The van der Waals surface area contributed by atoms with Crippen molar-refractivity contribution in [3.8, 4) is 0 Å². The van der Waals surface area contributed by atoms with Crippen molar-refractivity contribution in [1.82, 2.24) is 15.2 Å². The summed E-state index contributed by atoms with van der Waals surface area (Å²) < 4.78 is 0. The molecular formula is C13H19N3O3S. The Bertz CT molecular complexity index is 503. The Balaban J connectivity index is 1.92. The van der Waals surface area contributed by atoms with Crippen LogP contribution in [0.1, 0.15) is 48.6 Å². The maximum atomic E-state index is 12.2. The fourth-order valence-electron chi connectivity index (χ4n) is 2.57. The lowest BCUT2D eigenvalue weighted by molar-refractivity contribution is 0.0691. The van der Waals surface area contributed by atoms with E-state index in [4.69, 9.17) is 5.11 Å². The average molecular weight is 297 g/mol. The number of thiazole rings is 1. The molecule has 6 nitrogen and oxygen atoms in total. The van der Waals surface area contributed by atoms with E-state index in [0.717, 1.165) is 19.3 Å². The molecule has 2 atom stereocenters. The van der Waals surface area contributed by atoms with Gasteiger partial charge in [0.1, 0.15) is 5.01 Å². The van der Waals surface area contributed by atoms with Gasteiger partial charge >= 0.3 is 12.0 Å². The minimum atomic E-state index is -1.04. The Kier molecular flexibility index (Phi) is 4.59. The Hall–Kier alpha value is -1.63. The number of carbonyl (C=O) groups excluding carboxylic acids is 1. The van der Waals surface area contributed by atoms with E-state index in [1.165, 1.54) is 16.7 Å². The summed E-state index contributed by atoms with van der Waals surface area (Å²) in [5.74, 6) is -1.04. The number of carboxylic acids is 1. The minimum absolute atomic E-state index is 0.0280. The van der Waals surface area contributed by atoms with Gasteiger partial charge in [-0.1, -0.05) is 6.92 Å². The quantitative estimate of drug-likeness (QED) is 0.893. The normalized spacial score (nSPS) is 22.0. The minimum Gasteiger partial charge on any atom is -0.476 e. The Morgan fingerprint density at radius 1 is 1.55 bits per heavy atom. The largest absolute Gasteiger partial charge is 0.476 e. The lowest BCUT2D eigenvalue weighted by atomic mass is 10.2. The first-order chi connectivity index (χ1) is 9.52. The van der Waals surface area contributed by atoms with Crippen LogP contribution in [-0.4, -0.2) is 39.1 Å². The standard InChI is InChI=1S/C13H19N3O3S/c1-3-9-5-4-8(2)16(9)13(19)14-6-11-15-10(7-20-11)12(17)18/h7-9H,3-6H2,1-2H3,(H,14,19)(H,17,18). The molecule has 20 heavy (non-hydrogen) atoms. The molecule has 0 spiro atoms. The van der Waals surface area contributed by atoms with Crippen LogP contribution in [0, 0.1) is 0 Å². The number of rotatable bonds is 4. The number of aromatic carboxylic acids is 1. The van der Waals surface area contributed by atoms with Crippen molar-refractivity contribution in [2.24, 2.45) is 0 Å². The average Bonchev–Trinajstić information content (AvgIpc) is 3.02. The molecule has 2 amide bonds. The highest BCUT2D eigenvalue weighted by molar-refractivity contribution is 7.09. The van der Waals surface area contributed by atoms with Crippen LogP contribution in [0.3, 0.4) is 0 Å². The zero-order valence-corrected chi connectivity index (χ0v) is 12.4. The molecule has 0 aromatic carbocycles. The van der Waals surface area contributed by atoms with Gasteiger partial charge in [0.25, 0.3) is 0 Å². The first kappa shape index (κ1) is 14.8. The molecule has 1 aromatic heterocycles. The third-order valence-corrected chi connectivity index (χ3v) is 4.50. The molecule has 0 saturated carbocycles. The molecule has 110 valence electrons. The number of amides is 2. The van der Waals surface area contributed by atoms with E-state index in [1.54, 1.807) is 0 Å². The predicted molar refractivity (Wildman–Crippen MR) is 75.9 cm³/mol. The molecule has 1 fully saturated rings. The summed E-state index contributed by atoms with van der Waals surface area (Å²) in [4.78, 5) is 28.8. The van der Waals surface area contributed by atoms with E-state index in [-0.39, 0.29) is 24.3 Å². The summed E-state index contributed by atoms with van der Waals surface area (Å²) in [7, 11) is 0. The monoisotopic (exact) mass is 297 g/mol. The van der Waals surface area contributed by atoms with Crippen molar-refractivity contribution >= 4 is 23.3 Å². The molecule has 0 aliphatic carbocycles. The Morgan fingerprint density at radius 3 is 2.90 bits per heavy atom. The fraction of sp³-hybridized carbons (Fsp3) is 0.615. The number of aromatic nitrogens is 1. The number of likely N-dealkylation sites (tertiary alicyclic amines) is 1. The molecule has 2 unspecified atom stereocenters. The first-order valence-electron chi connectivity index (χ1n) is 6.76. The summed E-state index contributed by atoms with van der Waals surface area (Å²) in [6, 6.07) is 0.468. The van der Waals surface area contributed by atoms with Crippen molar-refractivity contribution in [2.45, 2.75) is 51.7 Å². The number of nitrogens with zero attached hydrogens (tertiary/aromatic N) is 2. The first-order valence-corrected chi connectivity index (χ1v) is 7.64. The molecule has 1 aromatic rings. The molecule has 2 heterocycles. The van der Waals surface area contributed by atoms with Gasteiger partial charge in [-0.3, -0.25) is 0 Å².